The Labute approximate surface area is 217 Å². The zero-order valence-electron chi connectivity index (χ0n) is 22.8. The predicted octanol–water partition coefficient (Wildman–Crippen LogP) is 3.96. The van der Waals surface area contributed by atoms with Gasteiger partial charge in [-0.1, -0.05) is 20.8 Å². The van der Waals surface area contributed by atoms with Crippen molar-refractivity contribution in [2.45, 2.75) is 110 Å². The molecule has 4 aliphatic carbocycles. The molecule has 0 aliphatic heterocycles. The highest BCUT2D eigenvalue weighted by Crippen LogP contribution is 2.68. The molecular weight excluding hydrogens is 454 g/mol. The Kier molecular flexibility index (Phi) is 8.60. The van der Waals surface area contributed by atoms with E-state index in [0.717, 1.165) is 44.9 Å². The number of unbranched alkanes of at least 4 members (excludes halogenated alkanes) is 1. The van der Waals surface area contributed by atoms with E-state index in [1.807, 2.05) is 0 Å². The number of aliphatic hydroxyl groups excluding tert-OH is 2. The maximum Gasteiger partial charge on any atom is 0.312 e. The quantitative estimate of drug-likeness (QED) is 0.304. The van der Waals surface area contributed by atoms with Crippen LogP contribution in [0.2, 0.25) is 0 Å². The van der Waals surface area contributed by atoms with Gasteiger partial charge in [-0.15, -0.1) is 0 Å². The molecule has 4 aliphatic rings. The molecule has 0 aromatic carbocycles. The van der Waals surface area contributed by atoms with Gasteiger partial charge in [0.05, 0.1) is 12.2 Å². The van der Waals surface area contributed by atoms with Crippen LogP contribution in [-0.2, 0) is 4.79 Å². The second-order valence-corrected chi connectivity index (χ2v) is 13.3. The number of urea groups is 1. The lowest BCUT2D eigenvalue weighted by molar-refractivity contribution is -0.174. The molecule has 0 bridgehead atoms. The summed E-state index contributed by atoms with van der Waals surface area (Å²) in [5.41, 5.74) is 5.58. The Morgan fingerprint density at radius 2 is 1.61 bits per heavy atom. The highest BCUT2D eigenvalue weighted by Gasteiger charge is 2.62. The molecule has 0 aromatic rings. The number of rotatable bonds is 9. The van der Waals surface area contributed by atoms with E-state index in [0.29, 0.717) is 55.0 Å². The van der Waals surface area contributed by atoms with E-state index in [9.17, 15) is 19.8 Å². The van der Waals surface area contributed by atoms with Crippen LogP contribution < -0.4 is 16.4 Å². The van der Waals surface area contributed by atoms with E-state index in [4.69, 9.17) is 5.73 Å². The maximum atomic E-state index is 12.4. The Bertz CT molecular complexity index is 792. The van der Waals surface area contributed by atoms with Crippen molar-refractivity contribution in [2.24, 2.45) is 52.1 Å². The average Bonchev–Trinajstić information content (AvgIpc) is 3.18. The lowest BCUT2D eigenvalue weighted by atomic mass is 9.43. The summed E-state index contributed by atoms with van der Waals surface area (Å²) >= 11 is 0. The van der Waals surface area contributed by atoms with Crippen molar-refractivity contribution in [2.75, 3.05) is 13.1 Å². The van der Waals surface area contributed by atoms with Crippen molar-refractivity contribution >= 4 is 11.9 Å². The maximum absolute atomic E-state index is 12.4. The normalized spacial score (nSPS) is 42.5. The minimum absolute atomic E-state index is 0.120. The first kappa shape index (κ1) is 27.7. The number of hydrogen-bond acceptors (Lipinski definition) is 4. The van der Waals surface area contributed by atoms with Gasteiger partial charge < -0.3 is 26.6 Å². The van der Waals surface area contributed by atoms with Crippen LogP contribution in [0.5, 0.6) is 0 Å². The lowest BCUT2D eigenvalue weighted by Gasteiger charge is -2.62. The van der Waals surface area contributed by atoms with Crippen molar-refractivity contribution in [3.63, 3.8) is 0 Å². The van der Waals surface area contributed by atoms with Gasteiger partial charge in [-0.05, 0) is 117 Å². The van der Waals surface area contributed by atoms with E-state index in [2.05, 4.69) is 31.4 Å². The van der Waals surface area contributed by atoms with Gasteiger partial charge >= 0.3 is 6.03 Å². The van der Waals surface area contributed by atoms with Crippen molar-refractivity contribution < 1.29 is 19.8 Å². The zero-order chi connectivity index (χ0) is 26.1. The molecule has 4 rings (SSSR count). The number of carbonyl (C=O) groups is 2. The molecule has 0 heterocycles. The average molecular weight is 506 g/mol. The third-order valence-corrected chi connectivity index (χ3v) is 11.5. The molecule has 4 fully saturated rings. The SMILES string of the molecule is C[C@@H](CCC(=O)NCCCCNC(N)=O)[C@@H]1CC[C@@H]2[C@H]3[C@H](O)C[C@H]4C[C@@H](O)CC[C@@]4(C)[C@@H]3CC[C@]21C. The molecule has 4 saturated carbocycles. The van der Waals surface area contributed by atoms with E-state index in [1.54, 1.807) is 0 Å². The molecule has 3 amide bonds. The van der Waals surface area contributed by atoms with Gasteiger partial charge in [0.1, 0.15) is 0 Å². The molecule has 6 N–H and O–H groups in total. The molecule has 7 nitrogen and oxygen atoms in total. The number of nitrogens with two attached hydrogens (primary N) is 1. The fourth-order valence-corrected chi connectivity index (χ4v) is 9.51. The smallest absolute Gasteiger partial charge is 0.312 e. The highest BCUT2D eigenvalue weighted by atomic mass is 16.3. The number of aliphatic hydroxyl groups is 2. The first-order chi connectivity index (χ1) is 17.1. The summed E-state index contributed by atoms with van der Waals surface area (Å²) in [4.78, 5) is 23.1. The van der Waals surface area contributed by atoms with Gasteiger partial charge in [-0.25, -0.2) is 4.79 Å². The van der Waals surface area contributed by atoms with Crippen LogP contribution in [0.3, 0.4) is 0 Å². The summed E-state index contributed by atoms with van der Waals surface area (Å²) in [6.07, 6.45) is 11.3. The lowest BCUT2D eigenvalue weighted by Crippen LogP contribution is -2.58. The van der Waals surface area contributed by atoms with E-state index in [1.165, 1.54) is 25.7 Å². The molecule has 36 heavy (non-hydrogen) atoms. The van der Waals surface area contributed by atoms with Crippen LogP contribution in [0.25, 0.3) is 0 Å². The zero-order valence-corrected chi connectivity index (χ0v) is 22.8. The Morgan fingerprint density at radius 3 is 2.33 bits per heavy atom. The summed E-state index contributed by atoms with van der Waals surface area (Å²) in [7, 11) is 0. The van der Waals surface area contributed by atoms with Crippen LogP contribution >= 0.6 is 0 Å². The Morgan fingerprint density at radius 1 is 0.944 bits per heavy atom. The van der Waals surface area contributed by atoms with Gasteiger partial charge in [-0.3, -0.25) is 4.79 Å². The predicted molar refractivity (Wildman–Crippen MR) is 141 cm³/mol. The molecule has 0 saturated heterocycles. The van der Waals surface area contributed by atoms with Gasteiger partial charge in [0.2, 0.25) is 5.91 Å². The summed E-state index contributed by atoms with van der Waals surface area (Å²) in [6.45, 7) is 8.48. The van der Waals surface area contributed by atoms with Crippen LogP contribution in [0.1, 0.15) is 97.8 Å². The topological polar surface area (TPSA) is 125 Å². The molecular formula is C29H51N3O4. The standard InChI is InChI=1S/C29H51N3O4/c1-18(6-9-25(35)31-14-4-5-15-32-27(30)36)21-7-8-22-26-23(11-13-29(21,22)3)28(2)12-10-20(33)16-19(28)17-24(26)34/h18-24,26,33-34H,4-17H2,1-3H3,(H,31,35)(H3,30,32,36)/t18-,19+,20-,21-,22+,23+,24+,26+,28+,29-/m0/s1. The highest BCUT2D eigenvalue weighted by molar-refractivity contribution is 5.75. The molecule has 10 atom stereocenters. The Hall–Kier alpha value is -1.34. The fourth-order valence-electron chi connectivity index (χ4n) is 9.51. The molecule has 0 radical (unpaired) electrons. The number of nitrogens with one attached hydrogen (secondary N) is 2. The van der Waals surface area contributed by atoms with Crippen molar-refractivity contribution in [1.82, 2.24) is 10.6 Å². The first-order valence-corrected chi connectivity index (χ1v) is 14.7. The Balaban J connectivity index is 1.30. The minimum Gasteiger partial charge on any atom is -0.393 e. The third-order valence-electron chi connectivity index (χ3n) is 11.5. The van der Waals surface area contributed by atoms with Gasteiger partial charge in [0.25, 0.3) is 0 Å². The summed E-state index contributed by atoms with van der Waals surface area (Å²) in [5, 5.41) is 27.3. The largest absolute Gasteiger partial charge is 0.393 e. The fraction of sp³-hybridized carbons (Fsp3) is 0.931. The van der Waals surface area contributed by atoms with Crippen molar-refractivity contribution in [1.29, 1.82) is 0 Å². The second-order valence-electron chi connectivity index (χ2n) is 13.3. The molecule has 206 valence electrons. The van der Waals surface area contributed by atoms with E-state index < -0.39 is 6.03 Å². The number of hydrogen-bond donors (Lipinski definition) is 5. The van der Waals surface area contributed by atoms with E-state index >= 15 is 0 Å². The third kappa shape index (κ3) is 5.43. The van der Waals surface area contributed by atoms with Gasteiger partial charge in [-0.2, -0.15) is 0 Å². The van der Waals surface area contributed by atoms with Crippen LogP contribution in [0, 0.1) is 46.3 Å². The summed E-state index contributed by atoms with van der Waals surface area (Å²) in [5.74, 6) is 3.23. The van der Waals surface area contributed by atoms with E-state index in [-0.39, 0.29) is 28.9 Å². The van der Waals surface area contributed by atoms with Crippen molar-refractivity contribution in [3.05, 3.63) is 0 Å². The second kappa shape index (κ2) is 11.2. The summed E-state index contributed by atoms with van der Waals surface area (Å²) in [6, 6.07) is -0.505. The molecule has 0 aromatic heterocycles. The van der Waals surface area contributed by atoms with Gasteiger partial charge in [0.15, 0.2) is 0 Å². The van der Waals surface area contributed by atoms with Crippen LogP contribution in [-0.4, -0.2) is 47.4 Å². The van der Waals surface area contributed by atoms with Gasteiger partial charge in [0, 0.05) is 19.5 Å². The summed E-state index contributed by atoms with van der Waals surface area (Å²) < 4.78 is 0. The monoisotopic (exact) mass is 505 g/mol. The first-order valence-electron chi connectivity index (χ1n) is 14.7. The number of fused-ring (bicyclic) bond motifs is 5. The molecule has 0 unspecified atom stereocenters. The number of carbonyl (C=O) groups excluding carboxylic acids is 2. The number of primary amides is 1. The van der Waals surface area contributed by atoms with Crippen molar-refractivity contribution in [3.8, 4) is 0 Å². The minimum atomic E-state index is -0.505. The molecule has 0 spiro atoms. The number of amides is 3. The molecule has 7 heteroatoms. The van der Waals surface area contributed by atoms with Crippen LogP contribution in [0.15, 0.2) is 0 Å². The van der Waals surface area contributed by atoms with Crippen LogP contribution in [0.4, 0.5) is 4.79 Å².